The highest BCUT2D eigenvalue weighted by Gasteiger charge is 2.24. The molecule has 152 valence electrons. The molecule has 0 aromatic rings. The summed E-state index contributed by atoms with van der Waals surface area (Å²) in [5, 5.41) is 33.7. The Morgan fingerprint density at radius 2 is 1.00 bits per heavy atom. The van der Waals surface area contributed by atoms with Crippen molar-refractivity contribution in [2.45, 2.75) is 84.0 Å². The topological polar surface area (TPSA) is 149 Å². The number of hydrogen-bond acceptors (Lipinski definition) is 4. The van der Waals surface area contributed by atoms with E-state index in [1.54, 1.807) is 0 Å². The lowest BCUT2D eigenvalue weighted by Crippen LogP contribution is -2.23. The van der Waals surface area contributed by atoms with Crippen molar-refractivity contribution in [2.75, 3.05) is 0 Å². The Balaban J connectivity index is 0. The second-order valence-electron chi connectivity index (χ2n) is 6.13. The largest absolute Gasteiger partial charge is 0.481 e. The van der Waals surface area contributed by atoms with Gasteiger partial charge in [0.1, 0.15) is 0 Å². The maximum Gasteiger partial charge on any atom is 0.317 e. The summed E-state index contributed by atoms with van der Waals surface area (Å²) >= 11 is 0. The van der Waals surface area contributed by atoms with Crippen LogP contribution in [0, 0.1) is 5.92 Å². The average Bonchev–Trinajstić information content (AvgIpc) is 2.53. The van der Waals surface area contributed by atoms with E-state index in [4.69, 9.17) is 20.4 Å². The summed E-state index contributed by atoms with van der Waals surface area (Å²) in [6.07, 6.45) is 8.45. The molecule has 8 heteroatoms. The van der Waals surface area contributed by atoms with Crippen molar-refractivity contribution in [3.63, 3.8) is 0 Å². The number of hydrogen-bond donors (Lipinski definition) is 4. The van der Waals surface area contributed by atoms with E-state index >= 15 is 0 Å². The second kappa shape index (κ2) is 17.7. The Kier molecular flexibility index (Phi) is 17.8. The van der Waals surface area contributed by atoms with Gasteiger partial charge in [0.05, 0.1) is 0 Å². The summed E-state index contributed by atoms with van der Waals surface area (Å²) in [5.74, 6) is -5.21. The molecule has 0 bridgehead atoms. The van der Waals surface area contributed by atoms with E-state index in [1.165, 1.54) is 0 Å². The minimum Gasteiger partial charge on any atom is -0.481 e. The van der Waals surface area contributed by atoms with Crippen LogP contribution in [0.5, 0.6) is 0 Å². The standard InChI is InChI=1S/2C9H16O4/c1-2-3-4-5-6-7(8(10)11)9(12)13;10-8(11)6-4-2-1-3-5-7-9(12)13/h7H,2-6H2,1H3,(H,10,11)(H,12,13);1-7H2,(H,10,11)(H,12,13). The molecule has 26 heavy (non-hydrogen) atoms. The predicted octanol–water partition coefficient (Wildman–Crippen LogP) is 3.63. The molecule has 0 aliphatic carbocycles. The van der Waals surface area contributed by atoms with Crippen LogP contribution >= 0.6 is 0 Å². The SMILES string of the molecule is CCCCCCC(C(=O)O)C(=O)O.O=C(O)CCCCCCCC(=O)O. The molecule has 0 aromatic carbocycles. The van der Waals surface area contributed by atoms with Crippen LogP contribution in [-0.4, -0.2) is 44.3 Å². The Bertz CT molecular complexity index is 387. The Labute approximate surface area is 154 Å². The third kappa shape index (κ3) is 19.9. The molecule has 0 unspecified atom stereocenters. The zero-order chi connectivity index (χ0) is 20.4. The van der Waals surface area contributed by atoms with Gasteiger partial charge in [-0.2, -0.15) is 0 Å². The number of unbranched alkanes of at least 4 members (excludes halogenated alkanes) is 7. The third-order valence-electron chi connectivity index (χ3n) is 3.72. The van der Waals surface area contributed by atoms with Gasteiger partial charge in [-0.25, -0.2) is 0 Å². The number of rotatable bonds is 15. The lowest BCUT2D eigenvalue weighted by Gasteiger charge is -2.05. The van der Waals surface area contributed by atoms with E-state index in [-0.39, 0.29) is 19.3 Å². The molecule has 4 N–H and O–H groups in total. The van der Waals surface area contributed by atoms with Crippen molar-refractivity contribution < 1.29 is 39.6 Å². The van der Waals surface area contributed by atoms with Crippen LogP contribution in [0.3, 0.4) is 0 Å². The van der Waals surface area contributed by atoms with Gasteiger partial charge in [-0.3, -0.25) is 19.2 Å². The minimum absolute atomic E-state index is 0.221. The molecule has 0 radical (unpaired) electrons. The Morgan fingerprint density at radius 3 is 1.35 bits per heavy atom. The quantitative estimate of drug-likeness (QED) is 0.250. The molecule has 0 aliphatic rings. The zero-order valence-corrected chi connectivity index (χ0v) is 15.5. The molecule has 0 aliphatic heterocycles. The molecule has 0 saturated carbocycles. The third-order valence-corrected chi connectivity index (χ3v) is 3.72. The van der Waals surface area contributed by atoms with Gasteiger partial charge in [-0.1, -0.05) is 51.9 Å². The highest BCUT2D eigenvalue weighted by Crippen LogP contribution is 2.11. The van der Waals surface area contributed by atoms with Gasteiger partial charge >= 0.3 is 23.9 Å². The first-order chi connectivity index (χ1) is 12.2. The van der Waals surface area contributed by atoms with E-state index in [0.29, 0.717) is 19.3 Å². The molecule has 0 heterocycles. The van der Waals surface area contributed by atoms with Crippen molar-refractivity contribution in [2.24, 2.45) is 5.92 Å². The lowest BCUT2D eigenvalue weighted by molar-refractivity contribution is -0.155. The fraction of sp³-hybridized carbons (Fsp3) is 0.778. The first kappa shape index (κ1) is 26.1. The van der Waals surface area contributed by atoms with E-state index < -0.39 is 29.8 Å². The van der Waals surface area contributed by atoms with E-state index in [2.05, 4.69) is 0 Å². The molecule has 0 rings (SSSR count). The highest BCUT2D eigenvalue weighted by atomic mass is 16.4. The Hall–Kier alpha value is -2.12. The number of aliphatic carboxylic acids is 4. The first-order valence-electron chi connectivity index (χ1n) is 9.11. The van der Waals surface area contributed by atoms with Crippen LogP contribution in [-0.2, 0) is 19.2 Å². The van der Waals surface area contributed by atoms with E-state index in [1.807, 2.05) is 6.92 Å². The summed E-state index contributed by atoms with van der Waals surface area (Å²) in [4.78, 5) is 41.0. The summed E-state index contributed by atoms with van der Waals surface area (Å²) < 4.78 is 0. The van der Waals surface area contributed by atoms with Crippen molar-refractivity contribution in [3.05, 3.63) is 0 Å². The molecule has 0 saturated heterocycles. The molecule has 0 amide bonds. The van der Waals surface area contributed by atoms with Crippen molar-refractivity contribution in [1.82, 2.24) is 0 Å². The zero-order valence-electron chi connectivity index (χ0n) is 15.5. The van der Waals surface area contributed by atoms with E-state index in [0.717, 1.165) is 38.5 Å². The molecule has 0 atom stereocenters. The van der Waals surface area contributed by atoms with Crippen LogP contribution in [0.4, 0.5) is 0 Å². The summed E-state index contributed by atoms with van der Waals surface area (Å²) in [7, 11) is 0. The van der Waals surface area contributed by atoms with Crippen LogP contribution in [0.2, 0.25) is 0 Å². The van der Waals surface area contributed by atoms with Gasteiger partial charge in [0.25, 0.3) is 0 Å². The molecular formula is C18H32O8. The fourth-order valence-corrected chi connectivity index (χ4v) is 2.21. The number of carbonyl (C=O) groups is 4. The van der Waals surface area contributed by atoms with Gasteiger partial charge in [0, 0.05) is 12.8 Å². The van der Waals surface area contributed by atoms with Crippen LogP contribution in [0.15, 0.2) is 0 Å². The Morgan fingerprint density at radius 1 is 0.615 bits per heavy atom. The van der Waals surface area contributed by atoms with Crippen molar-refractivity contribution in [3.8, 4) is 0 Å². The minimum atomic E-state index is -1.23. The van der Waals surface area contributed by atoms with Crippen LogP contribution in [0.25, 0.3) is 0 Å². The fourth-order valence-electron chi connectivity index (χ4n) is 2.21. The maximum absolute atomic E-state index is 10.4. The summed E-state index contributed by atoms with van der Waals surface area (Å²) in [6, 6.07) is 0. The normalized spacial score (nSPS) is 10.1. The number of carboxylic acid groups (broad SMARTS) is 4. The smallest absolute Gasteiger partial charge is 0.317 e. The molecule has 0 spiro atoms. The van der Waals surface area contributed by atoms with Crippen molar-refractivity contribution in [1.29, 1.82) is 0 Å². The average molecular weight is 376 g/mol. The van der Waals surface area contributed by atoms with Crippen LogP contribution in [0.1, 0.15) is 84.0 Å². The highest BCUT2D eigenvalue weighted by molar-refractivity contribution is 5.92. The molecule has 0 fully saturated rings. The summed E-state index contributed by atoms with van der Waals surface area (Å²) in [6.45, 7) is 2.05. The van der Waals surface area contributed by atoms with E-state index in [9.17, 15) is 19.2 Å². The molecule has 8 nitrogen and oxygen atoms in total. The van der Waals surface area contributed by atoms with Crippen LogP contribution < -0.4 is 0 Å². The van der Waals surface area contributed by atoms with Gasteiger partial charge in [0.2, 0.25) is 0 Å². The van der Waals surface area contributed by atoms with Gasteiger partial charge in [0.15, 0.2) is 5.92 Å². The van der Waals surface area contributed by atoms with Gasteiger partial charge < -0.3 is 20.4 Å². The molecular weight excluding hydrogens is 344 g/mol. The van der Waals surface area contributed by atoms with Crippen molar-refractivity contribution >= 4 is 23.9 Å². The monoisotopic (exact) mass is 376 g/mol. The number of carboxylic acids is 4. The first-order valence-corrected chi connectivity index (χ1v) is 9.11. The van der Waals surface area contributed by atoms with Gasteiger partial charge in [-0.05, 0) is 19.3 Å². The van der Waals surface area contributed by atoms with Gasteiger partial charge in [-0.15, -0.1) is 0 Å². The molecule has 0 aromatic heterocycles. The summed E-state index contributed by atoms with van der Waals surface area (Å²) in [5.41, 5.74) is 0. The maximum atomic E-state index is 10.4. The second-order valence-corrected chi connectivity index (χ2v) is 6.13. The predicted molar refractivity (Wildman–Crippen MR) is 95.1 cm³/mol. The lowest BCUT2D eigenvalue weighted by atomic mass is 10.0.